The van der Waals surface area contributed by atoms with Crippen molar-refractivity contribution in [3.05, 3.63) is 0 Å². The molecule has 1 aliphatic rings. The van der Waals surface area contributed by atoms with E-state index >= 15 is 0 Å². The summed E-state index contributed by atoms with van der Waals surface area (Å²) in [5.41, 5.74) is 0. The first-order valence-electron chi connectivity index (χ1n) is 3.03. The molecule has 0 aliphatic carbocycles. The van der Waals surface area contributed by atoms with E-state index in [0.29, 0.717) is 6.79 Å². The van der Waals surface area contributed by atoms with Gasteiger partial charge in [0.05, 0.1) is 0 Å². The molecule has 3 heteroatoms. The average molecular weight is 134 g/mol. The van der Waals surface area contributed by atoms with E-state index in [-0.39, 0.29) is 6.29 Å². The van der Waals surface area contributed by atoms with Crippen LogP contribution in [-0.4, -0.2) is 26.8 Å². The Labute approximate surface area is 55.9 Å². The molecule has 1 rings (SSSR count). The number of ether oxygens (including phenoxy) is 3. The Hall–Kier alpha value is -0.120. The topological polar surface area (TPSA) is 27.7 Å². The van der Waals surface area contributed by atoms with Crippen LogP contribution in [0.25, 0.3) is 0 Å². The Morgan fingerprint density at radius 3 is 1.89 bits per heavy atom. The Bertz CT molecular complexity index is 50.3. The molecule has 0 amide bonds. The van der Waals surface area contributed by atoms with Crippen molar-refractivity contribution >= 4 is 0 Å². The smallest absolute Gasteiger partial charge is 0.160 e. The zero-order valence-corrected chi connectivity index (χ0v) is 6.22. The lowest BCUT2D eigenvalue weighted by molar-refractivity contribution is -0.311. The minimum Gasteiger partial charge on any atom is -0.385 e. The quantitative estimate of drug-likeness (QED) is 0.535. The monoisotopic (exact) mass is 134 g/mol. The van der Waals surface area contributed by atoms with Gasteiger partial charge in [-0.15, -0.1) is 0 Å². The molecule has 1 saturated heterocycles. The highest BCUT2D eigenvalue weighted by molar-refractivity contribution is 4.31. The van der Waals surface area contributed by atoms with Crippen LogP contribution in [0.1, 0.15) is 13.8 Å². The Balaban J connectivity index is 0.000000148. The molecule has 0 atom stereocenters. The van der Waals surface area contributed by atoms with Crippen molar-refractivity contribution in [1.29, 1.82) is 0 Å². The number of hydrogen-bond donors (Lipinski definition) is 0. The van der Waals surface area contributed by atoms with Crippen molar-refractivity contribution in [2.24, 2.45) is 0 Å². The molecule has 0 aromatic heterocycles. The molecular weight excluding hydrogens is 120 g/mol. The second-order valence-corrected chi connectivity index (χ2v) is 1.60. The molecule has 1 fully saturated rings. The summed E-state index contributed by atoms with van der Waals surface area (Å²) in [5.74, 6) is 0. The van der Waals surface area contributed by atoms with Crippen LogP contribution in [0.5, 0.6) is 0 Å². The van der Waals surface area contributed by atoms with Gasteiger partial charge in [0.1, 0.15) is 0 Å². The van der Waals surface area contributed by atoms with Crippen LogP contribution in [0.2, 0.25) is 0 Å². The first-order chi connectivity index (χ1) is 4.31. The summed E-state index contributed by atoms with van der Waals surface area (Å²) >= 11 is 0. The molecule has 0 saturated carbocycles. The lowest BCUT2D eigenvalue weighted by atomic mass is 10.7. The molecule has 1 aliphatic heterocycles. The molecule has 0 aromatic carbocycles. The molecule has 1 heterocycles. The molecule has 56 valence electrons. The zero-order valence-electron chi connectivity index (χ0n) is 6.22. The minimum absolute atomic E-state index is 0.0648. The number of rotatable bonds is 1. The fourth-order valence-corrected chi connectivity index (χ4v) is 0.204. The Morgan fingerprint density at radius 1 is 1.56 bits per heavy atom. The number of hydrogen-bond acceptors (Lipinski definition) is 3. The van der Waals surface area contributed by atoms with E-state index in [1.165, 1.54) is 0 Å². The molecule has 0 aromatic rings. The van der Waals surface area contributed by atoms with Gasteiger partial charge in [-0.3, -0.25) is 0 Å². The summed E-state index contributed by atoms with van der Waals surface area (Å²) in [7, 11) is 1.68. The van der Waals surface area contributed by atoms with E-state index in [9.17, 15) is 0 Å². The van der Waals surface area contributed by atoms with Crippen LogP contribution < -0.4 is 0 Å². The normalized spacial score (nSPS) is 17.7. The Kier molecular flexibility index (Phi) is 5.93. The van der Waals surface area contributed by atoms with Crippen LogP contribution in [0.15, 0.2) is 0 Å². The van der Waals surface area contributed by atoms with Gasteiger partial charge in [0.15, 0.2) is 13.1 Å². The van der Waals surface area contributed by atoms with Gasteiger partial charge in [-0.2, -0.15) is 0 Å². The van der Waals surface area contributed by atoms with E-state index in [0.717, 1.165) is 6.61 Å². The number of methoxy groups -OCH3 is 1. The lowest BCUT2D eigenvalue weighted by Crippen LogP contribution is -2.26. The highest BCUT2D eigenvalue weighted by Crippen LogP contribution is 2.02. The van der Waals surface area contributed by atoms with Gasteiger partial charge in [-0.1, -0.05) is 0 Å². The van der Waals surface area contributed by atoms with E-state index in [1.807, 2.05) is 13.8 Å². The largest absolute Gasteiger partial charge is 0.385 e. The van der Waals surface area contributed by atoms with E-state index in [2.05, 4.69) is 4.74 Å². The highest BCUT2D eigenvalue weighted by atomic mass is 16.8. The van der Waals surface area contributed by atoms with Crippen LogP contribution in [-0.2, 0) is 14.2 Å². The van der Waals surface area contributed by atoms with Crippen LogP contribution in [0.4, 0.5) is 0 Å². The summed E-state index contributed by atoms with van der Waals surface area (Å²) in [4.78, 5) is 0. The molecular formula is C6H14O3. The third-order valence-corrected chi connectivity index (χ3v) is 0.894. The van der Waals surface area contributed by atoms with Gasteiger partial charge in [0.2, 0.25) is 0 Å². The maximum Gasteiger partial charge on any atom is 0.160 e. The molecule has 0 spiro atoms. The SMILES string of the molecule is CC1OCO1.CCOC. The van der Waals surface area contributed by atoms with Gasteiger partial charge in [0.25, 0.3) is 0 Å². The molecule has 0 unspecified atom stereocenters. The minimum atomic E-state index is 0.0648. The van der Waals surface area contributed by atoms with Crippen LogP contribution >= 0.6 is 0 Å². The van der Waals surface area contributed by atoms with Crippen molar-refractivity contribution in [2.45, 2.75) is 20.1 Å². The second-order valence-electron chi connectivity index (χ2n) is 1.60. The summed E-state index contributed by atoms with van der Waals surface area (Å²) < 4.78 is 14.0. The summed E-state index contributed by atoms with van der Waals surface area (Å²) in [5, 5.41) is 0. The van der Waals surface area contributed by atoms with Crippen molar-refractivity contribution in [3.8, 4) is 0 Å². The molecule has 0 bridgehead atoms. The van der Waals surface area contributed by atoms with Crippen molar-refractivity contribution in [1.82, 2.24) is 0 Å². The van der Waals surface area contributed by atoms with Gasteiger partial charge in [-0.05, 0) is 13.8 Å². The summed E-state index contributed by atoms with van der Waals surface area (Å²) in [6.07, 6.45) is 0.0648. The fourth-order valence-electron chi connectivity index (χ4n) is 0.204. The lowest BCUT2D eigenvalue weighted by Gasteiger charge is -2.21. The highest BCUT2D eigenvalue weighted by Gasteiger charge is 2.09. The van der Waals surface area contributed by atoms with Gasteiger partial charge in [-0.25, -0.2) is 0 Å². The third kappa shape index (κ3) is 5.76. The van der Waals surface area contributed by atoms with E-state index < -0.39 is 0 Å². The molecule has 9 heavy (non-hydrogen) atoms. The fraction of sp³-hybridized carbons (Fsp3) is 1.00. The van der Waals surface area contributed by atoms with Crippen LogP contribution in [0, 0.1) is 0 Å². The summed E-state index contributed by atoms with van der Waals surface area (Å²) in [6.45, 7) is 5.13. The third-order valence-electron chi connectivity index (χ3n) is 0.894. The maximum absolute atomic E-state index is 4.71. The van der Waals surface area contributed by atoms with Crippen molar-refractivity contribution in [3.63, 3.8) is 0 Å². The first-order valence-corrected chi connectivity index (χ1v) is 3.03. The maximum atomic E-state index is 4.71. The first kappa shape index (κ1) is 8.88. The summed E-state index contributed by atoms with van der Waals surface area (Å²) in [6, 6.07) is 0. The second kappa shape index (κ2) is 6.01. The van der Waals surface area contributed by atoms with Crippen molar-refractivity contribution < 1.29 is 14.2 Å². The van der Waals surface area contributed by atoms with E-state index in [1.54, 1.807) is 7.11 Å². The Morgan fingerprint density at radius 2 is 1.89 bits per heavy atom. The van der Waals surface area contributed by atoms with Gasteiger partial charge < -0.3 is 14.2 Å². The van der Waals surface area contributed by atoms with Crippen LogP contribution in [0.3, 0.4) is 0 Å². The average Bonchev–Trinajstić information content (AvgIpc) is 1.84. The molecule has 3 nitrogen and oxygen atoms in total. The van der Waals surface area contributed by atoms with Crippen molar-refractivity contribution in [2.75, 3.05) is 20.5 Å². The van der Waals surface area contributed by atoms with E-state index in [4.69, 9.17) is 9.47 Å². The van der Waals surface area contributed by atoms with Gasteiger partial charge >= 0.3 is 0 Å². The standard InChI is InChI=1S/C3H6O2.C3H8O/c1-3-4-2-5-3;1-3-4-2/h3H,2H2,1H3;3H2,1-2H3. The van der Waals surface area contributed by atoms with Gasteiger partial charge in [0, 0.05) is 13.7 Å². The molecule has 0 radical (unpaired) electrons. The zero-order chi connectivity index (χ0) is 7.11. The molecule has 0 N–H and O–H groups in total. The predicted molar refractivity (Wildman–Crippen MR) is 34.0 cm³/mol. The predicted octanol–water partition coefficient (Wildman–Crippen LogP) is 0.989.